The van der Waals surface area contributed by atoms with E-state index in [0.29, 0.717) is 23.0 Å². The van der Waals surface area contributed by atoms with Crippen LogP contribution >= 0.6 is 65.9 Å². The Morgan fingerprint density at radius 3 is 1.46 bits per heavy atom. The minimum absolute atomic E-state index is 0.0585. The van der Waals surface area contributed by atoms with Gasteiger partial charge in [-0.1, -0.05) is 79.1 Å². The Bertz CT molecular complexity index is 1180. The van der Waals surface area contributed by atoms with Crippen LogP contribution in [0.3, 0.4) is 0 Å². The molecule has 8 heteroatoms. The summed E-state index contributed by atoms with van der Waals surface area (Å²) in [5.41, 5.74) is 1.24. The first kappa shape index (κ1) is 31.1. The third-order valence-corrected chi connectivity index (χ3v) is 12.8. The second-order valence-corrected chi connectivity index (χ2v) is 16.6. The van der Waals surface area contributed by atoms with E-state index in [1.807, 2.05) is 12.1 Å². The zero-order chi connectivity index (χ0) is 28.1. The number of carbonyl (C=O) groups is 2. The summed E-state index contributed by atoms with van der Waals surface area (Å²) in [7, 11) is 0. The van der Waals surface area contributed by atoms with Crippen molar-refractivity contribution >= 4 is 77.7 Å². The van der Waals surface area contributed by atoms with Crippen molar-refractivity contribution in [3.63, 3.8) is 0 Å². The first-order chi connectivity index (χ1) is 18.8. The Hall–Kier alpha value is -0.800. The smallest absolute Gasteiger partial charge is 0.263 e. The molecule has 2 amide bonds. The van der Waals surface area contributed by atoms with Crippen molar-refractivity contribution in [2.24, 2.45) is 11.8 Å². The van der Waals surface area contributed by atoms with Gasteiger partial charge < -0.3 is 0 Å². The van der Waals surface area contributed by atoms with Gasteiger partial charge in [-0.3, -0.25) is 14.5 Å². The molecule has 0 fully saturated rings. The van der Waals surface area contributed by atoms with E-state index in [-0.39, 0.29) is 17.9 Å². The monoisotopic (exact) mass is 711 g/mol. The van der Waals surface area contributed by atoms with E-state index in [9.17, 15) is 9.59 Å². The highest BCUT2D eigenvalue weighted by molar-refractivity contribution is 9.11. The number of imide groups is 1. The van der Waals surface area contributed by atoms with Gasteiger partial charge in [-0.15, -0.1) is 34.0 Å². The van der Waals surface area contributed by atoms with Crippen LogP contribution in [0.15, 0.2) is 31.8 Å². The molecule has 212 valence electrons. The number of carbonyl (C=O) groups excluding carboxylic acids is 2. The Kier molecular flexibility index (Phi) is 11.5. The highest BCUT2D eigenvalue weighted by Crippen LogP contribution is 2.50. The molecule has 0 saturated carbocycles. The first-order valence-electron chi connectivity index (χ1n) is 14.4. The SMILES string of the molecule is CCCCC(CC)CC(CC(CC)CCCC)N1C(=O)c2c(-c3ccc(Br)s3)sc(-c3ccc(Br)s3)c2C1=O. The average molecular weight is 714 g/mol. The van der Waals surface area contributed by atoms with Crippen LogP contribution < -0.4 is 0 Å². The summed E-state index contributed by atoms with van der Waals surface area (Å²) >= 11 is 12.0. The fourth-order valence-corrected chi connectivity index (χ4v) is 10.1. The minimum atomic E-state index is -0.0895. The number of nitrogens with zero attached hydrogens (tertiary/aromatic N) is 1. The maximum atomic E-state index is 14.4. The number of rotatable bonds is 15. The zero-order valence-electron chi connectivity index (χ0n) is 23.4. The molecular weight excluding hydrogens is 674 g/mol. The molecule has 4 rings (SSSR count). The largest absolute Gasteiger partial charge is 0.271 e. The molecule has 0 saturated heterocycles. The third-order valence-electron chi connectivity index (χ3n) is 8.03. The number of hydrogen-bond acceptors (Lipinski definition) is 5. The molecule has 39 heavy (non-hydrogen) atoms. The molecule has 1 aliphatic rings. The molecule has 0 aliphatic carbocycles. The van der Waals surface area contributed by atoms with E-state index in [0.717, 1.165) is 65.6 Å². The van der Waals surface area contributed by atoms with Gasteiger partial charge in [0.05, 0.1) is 28.5 Å². The number of fused-ring (bicyclic) bond motifs is 1. The van der Waals surface area contributed by atoms with E-state index < -0.39 is 0 Å². The van der Waals surface area contributed by atoms with Crippen LogP contribution in [0.4, 0.5) is 0 Å². The lowest BCUT2D eigenvalue weighted by molar-refractivity contribution is 0.0528. The number of hydrogen-bond donors (Lipinski definition) is 0. The summed E-state index contributed by atoms with van der Waals surface area (Å²) in [4.78, 5) is 34.3. The maximum absolute atomic E-state index is 14.4. The van der Waals surface area contributed by atoms with Gasteiger partial charge in [-0.05, 0) is 80.8 Å². The topological polar surface area (TPSA) is 37.4 Å². The molecule has 0 radical (unpaired) electrons. The standard InChI is InChI=1S/C31H39Br2NO2S3/c1-5-9-11-19(7-3)17-21(18-20(8-4)12-10-6-2)34-30(35)26-27(31(34)36)29(23-14-16-25(33)38-23)39-28(26)22-13-15-24(32)37-22/h13-16,19-21H,5-12,17-18H2,1-4H3. The Labute approximate surface area is 262 Å². The van der Waals surface area contributed by atoms with Crippen molar-refractivity contribution in [3.05, 3.63) is 43.0 Å². The fourth-order valence-electron chi connectivity index (χ4n) is 5.76. The number of halogens is 2. The van der Waals surface area contributed by atoms with Crippen LogP contribution in [-0.4, -0.2) is 22.8 Å². The fraction of sp³-hybridized carbons (Fsp3) is 0.548. The Morgan fingerprint density at radius 1 is 0.692 bits per heavy atom. The van der Waals surface area contributed by atoms with E-state index >= 15 is 0 Å². The van der Waals surface area contributed by atoms with Crippen molar-refractivity contribution in [1.29, 1.82) is 0 Å². The third kappa shape index (κ3) is 6.99. The van der Waals surface area contributed by atoms with Gasteiger partial charge in [-0.2, -0.15) is 0 Å². The Morgan fingerprint density at radius 2 is 1.13 bits per heavy atom. The quantitative estimate of drug-likeness (QED) is 0.147. The molecule has 0 aromatic carbocycles. The summed E-state index contributed by atoms with van der Waals surface area (Å²) in [5.74, 6) is 0.872. The molecule has 4 heterocycles. The van der Waals surface area contributed by atoms with Gasteiger partial charge in [0.15, 0.2) is 0 Å². The summed E-state index contributed by atoms with van der Waals surface area (Å²) < 4.78 is 2.05. The molecule has 2 atom stereocenters. The van der Waals surface area contributed by atoms with Crippen LogP contribution in [0.5, 0.6) is 0 Å². The summed E-state index contributed by atoms with van der Waals surface area (Å²) in [6.45, 7) is 9.00. The van der Waals surface area contributed by atoms with Crippen LogP contribution in [0.2, 0.25) is 0 Å². The van der Waals surface area contributed by atoms with Crippen LogP contribution in [0.25, 0.3) is 19.5 Å². The molecule has 0 bridgehead atoms. The predicted molar refractivity (Wildman–Crippen MR) is 176 cm³/mol. The normalized spacial score (nSPS) is 15.7. The summed E-state index contributed by atoms with van der Waals surface area (Å²) in [6.07, 6.45) is 11.1. The van der Waals surface area contributed by atoms with Crippen molar-refractivity contribution < 1.29 is 9.59 Å². The lowest BCUT2D eigenvalue weighted by Gasteiger charge is -2.32. The second-order valence-electron chi connectivity index (χ2n) is 10.7. The van der Waals surface area contributed by atoms with Gasteiger partial charge in [0.2, 0.25) is 0 Å². The molecule has 2 unspecified atom stereocenters. The molecule has 1 aliphatic heterocycles. The molecule has 0 N–H and O–H groups in total. The lowest BCUT2D eigenvalue weighted by atomic mass is 9.84. The summed E-state index contributed by atoms with van der Waals surface area (Å²) in [5, 5.41) is 0. The van der Waals surface area contributed by atoms with Gasteiger partial charge in [0.25, 0.3) is 11.8 Å². The van der Waals surface area contributed by atoms with E-state index in [2.05, 4.69) is 71.7 Å². The van der Waals surface area contributed by atoms with Crippen molar-refractivity contribution in [3.8, 4) is 19.5 Å². The van der Waals surface area contributed by atoms with Crippen LogP contribution in [-0.2, 0) is 0 Å². The first-order valence-corrected chi connectivity index (χ1v) is 18.4. The highest BCUT2D eigenvalue weighted by Gasteiger charge is 2.46. The van der Waals surface area contributed by atoms with E-state index in [4.69, 9.17) is 0 Å². The van der Waals surface area contributed by atoms with Crippen LogP contribution in [0, 0.1) is 11.8 Å². The van der Waals surface area contributed by atoms with Crippen molar-refractivity contribution in [1.82, 2.24) is 4.90 Å². The minimum Gasteiger partial charge on any atom is -0.271 e. The van der Waals surface area contributed by atoms with Crippen LogP contribution in [0.1, 0.15) is 113 Å². The number of unbranched alkanes of at least 4 members (excludes halogenated alkanes) is 2. The molecule has 3 aromatic rings. The van der Waals surface area contributed by atoms with Crippen molar-refractivity contribution in [2.75, 3.05) is 0 Å². The highest BCUT2D eigenvalue weighted by atomic mass is 79.9. The van der Waals surface area contributed by atoms with Gasteiger partial charge in [-0.25, -0.2) is 0 Å². The second kappa shape index (κ2) is 14.4. The Balaban J connectivity index is 1.77. The molecular formula is C31H39Br2NO2S3. The number of amides is 2. The molecule has 0 spiro atoms. The van der Waals surface area contributed by atoms with Gasteiger partial charge in [0.1, 0.15) is 0 Å². The molecule has 3 aromatic heterocycles. The van der Waals surface area contributed by atoms with Gasteiger partial charge >= 0.3 is 0 Å². The number of thiophene rings is 3. The summed E-state index contributed by atoms with van der Waals surface area (Å²) in [6, 6.07) is 8.10. The van der Waals surface area contributed by atoms with E-state index in [1.54, 1.807) is 38.9 Å². The zero-order valence-corrected chi connectivity index (χ0v) is 29.0. The van der Waals surface area contributed by atoms with E-state index in [1.165, 1.54) is 25.7 Å². The lowest BCUT2D eigenvalue weighted by Crippen LogP contribution is -2.42. The average Bonchev–Trinajstić information content (AvgIpc) is 3.69. The van der Waals surface area contributed by atoms with Crippen molar-refractivity contribution in [2.45, 2.75) is 97.9 Å². The predicted octanol–water partition coefficient (Wildman–Crippen LogP) is 11.9. The maximum Gasteiger partial charge on any atom is 0.263 e. The molecule has 3 nitrogen and oxygen atoms in total. The van der Waals surface area contributed by atoms with Gasteiger partial charge in [0, 0.05) is 15.8 Å².